The molecule has 2 fully saturated rings. The van der Waals surface area contributed by atoms with Gasteiger partial charge in [-0.25, -0.2) is 0 Å². The Bertz CT molecular complexity index is 621. The summed E-state index contributed by atoms with van der Waals surface area (Å²) in [5.41, 5.74) is 0.443. The molecule has 1 N–H and O–H groups in total. The van der Waals surface area contributed by atoms with Crippen molar-refractivity contribution in [1.82, 2.24) is 9.80 Å². The van der Waals surface area contributed by atoms with Crippen molar-refractivity contribution < 1.29 is 14.6 Å². The number of aliphatic hydroxyl groups excluding tert-OH is 1. The molecule has 1 aromatic rings. The molecule has 0 aliphatic carbocycles. The number of nitrogens with zero attached hydrogens (tertiary/aromatic N) is 2. The first-order valence-electron chi connectivity index (χ1n) is 9.93. The Morgan fingerprint density at radius 2 is 2.12 bits per heavy atom. The van der Waals surface area contributed by atoms with Crippen molar-refractivity contribution in [2.45, 2.75) is 45.1 Å². The van der Waals surface area contributed by atoms with Crippen LogP contribution in [0.1, 0.15) is 49.4 Å². The van der Waals surface area contributed by atoms with Crippen LogP contribution in [0.3, 0.4) is 0 Å². The van der Waals surface area contributed by atoms with E-state index in [1.165, 1.54) is 0 Å². The zero-order chi connectivity index (χ0) is 18.6. The van der Waals surface area contributed by atoms with E-state index in [2.05, 4.69) is 18.9 Å². The van der Waals surface area contributed by atoms with E-state index in [0.717, 1.165) is 51.7 Å². The van der Waals surface area contributed by atoms with Gasteiger partial charge in [-0.1, -0.05) is 25.5 Å². The van der Waals surface area contributed by atoms with Gasteiger partial charge >= 0.3 is 0 Å². The third kappa shape index (κ3) is 4.04. The molecule has 2 saturated heterocycles. The molecule has 1 spiro atoms. The number of piperidine rings is 2. The van der Waals surface area contributed by atoms with Gasteiger partial charge in [0.1, 0.15) is 5.75 Å². The monoisotopic (exact) mass is 360 g/mol. The summed E-state index contributed by atoms with van der Waals surface area (Å²) in [6.45, 7) is 5.91. The quantitative estimate of drug-likeness (QED) is 0.821. The summed E-state index contributed by atoms with van der Waals surface area (Å²) in [5.74, 6) is 0.698. The molecule has 0 unspecified atom stereocenters. The molecule has 2 aliphatic rings. The maximum atomic E-state index is 13.2. The first-order chi connectivity index (χ1) is 12.6. The highest BCUT2D eigenvalue weighted by atomic mass is 16.5. The summed E-state index contributed by atoms with van der Waals surface area (Å²) in [7, 11) is 2.10. The smallest absolute Gasteiger partial charge is 0.257 e. The first kappa shape index (κ1) is 19.2. The normalized spacial score (nSPS) is 26.9. The molecule has 26 heavy (non-hydrogen) atoms. The Labute approximate surface area is 156 Å². The number of amides is 1. The van der Waals surface area contributed by atoms with Gasteiger partial charge in [0, 0.05) is 31.6 Å². The summed E-state index contributed by atoms with van der Waals surface area (Å²) in [5, 5.41) is 10.7. The van der Waals surface area contributed by atoms with Crippen LogP contribution in [0.2, 0.25) is 0 Å². The lowest BCUT2D eigenvalue weighted by Crippen LogP contribution is -2.59. The van der Waals surface area contributed by atoms with Gasteiger partial charge in [0.05, 0.1) is 18.3 Å². The maximum absolute atomic E-state index is 13.2. The average Bonchev–Trinajstić information content (AvgIpc) is 2.65. The Morgan fingerprint density at radius 1 is 1.31 bits per heavy atom. The van der Waals surface area contributed by atoms with Crippen LogP contribution in [0, 0.1) is 5.41 Å². The van der Waals surface area contributed by atoms with E-state index in [4.69, 9.17) is 4.74 Å². The zero-order valence-corrected chi connectivity index (χ0v) is 16.1. The number of para-hydroxylation sites is 1. The highest BCUT2D eigenvalue weighted by Crippen LogP contribution is 2.39. The van der Waals surface area contributed by atoms with E-state index in [1.54, 1.807) is 0 Å². The number of aliphatic hydroxyl groups is 1. The number of benzene rings is 1. The van der Waals surface area contributed by atoms with Crippen LogP contribution in [-0.2, 0) is 0 Å². The van der Waals surface area contributed by atoms with Gasteiger partial charge in [0.15, 0.2) is 0 Å². The summed E-state index contributed by atoms with van der Waals surface area (Å²) in [6.07, 6.45) is 4.43. The molecule has 0 saturated carbocycles. The van der Waals surface area contributed by atoms with Gasteiger partial charge in [-0.15, -0.1) is 0 Å². The molecule has 2 aliphatic heterocycles. The van der Waals surface area contributed by atoms with Crippen molar-refractivity contribution in [2.24, 2.45) is 5.41 Å². The second-order valence-corrected chi connectivity index (χ2v) is 7.93. The largest absolute Gasteiger partial charge is 0.493 e. The molecule has 5 heteroatoms. The first-order valence-corrected chi connectivity index (χ1v) is 9.93. The van der Waals surface area contributed by atoms with E-state index < -0.39 is 0 Å². The van der Waals surface area contributed by atoms with Gasteiger partial charge in [0.25, 0.3) is 5.91 Å². The minimum absolute atomic E-state index is 0.0246. The number of carbonyl (C=O) groups excluding carboxylic acids is 1. The lowest BCUT2D eigenvalue weighted by Gasteiger charge is -2.50. The number of ether oxygens (including phenoxy) is 1. The van der Waals surface area contributed by atoms with E-state index in [1.807, 2.05) is 29.2 Å². The van der Waals surface area contributed by atoms with E-state index in [9.17, 15) is 9.90 Å². The Balaban J connectivity index is 1.75. The summed E-state index contributed by atoms with van der Waals surface area (Å²) in [4.78, 5) is 17.4. The van der Waals surface area contributed by atoms with Crippen LogP contribution in [0.25, 0.3) is 0 Å². The van der Waals surface area contributed by atoms with Crippen LogP contribution >= 0.6 is 0 Å². The molecule has 144 valence electrons. The lowest BCUT2D eigenvalue weighted by molar-refractivity contribution is -0.0731. The number of hydrogen-bond donors (Lipinski definition) is 1. The molecule has 3 rings (SSSR count). The fourth-order valence-electron chi connectivity index (χ4n) is 4.37. The SMILES string of the molecule is CCCCOc1ccccc1C(=O)N1CCC[C@]2(CN(C)CC[C@@H]2O)C1. The van der Waals surface area contributed by atoms with Crippen LogP contribution in [0.4, 0.5) is 0 Å². The fourth-order valence-corrected chi connectivity index (χ4v) is 4.37. The van der Waals surface area contributed by atoms with E-state index in [0.29, 0.717) is 24.5 Å². The van der Waals surface area contributed by atoms with Gasteiger partial charge in [-0.05, 0) is 44.9 Å². The molecule has 0 aromatic heterocycles. The van der Waals surface area contributed by atoms with Crippen LogP contribution < -0.4 is 4.74 Å². The standard InChI is InChI=1S/C21H32N2O3/c1-3-4-14-26-18-9-6-5-8-17(18)20(25)23-12-7-11-21(16-23)15-22(2)13-10-19(21)24/h5-6,8-9,19,24H,3-4,7,10-16H2,1-2H3/t19-,21-/m0/s1. The average molecular weight is 360 g/mol. The second kappa shape index (κ2) is 8.40. The van der Waals surface area contributed by atoms with Crippen molar-refractivity contribution in [1.29, 1.82) is 0 Å². The van der Waals surface area contributed by atoms with Gasteiger partial charge in [0.2, 0.25) is 0 Å². The van der Waals surface area contributed by atoms with Crippen LogP contribution in [0.5, 0.6) is 5.75 Å². The Morgan fingerprint density at radius 3 is 2.92 bits per heavy atom. The molecule has 1 aromatic carbocycles. The van der Waals surface area contributed by atoms with Crippen molar-refractivity contribution in [2.75, 3.05) is 39.8 Å². The van der Waals surface area contributed by atoms with Crippen molar-refractivity contribution in [3.63, 3.8) is 0 Å². The number of rotatable bonds is 5. The zero-order valence-electron chi connectivity index (χ0n) is 16.1. The third-order valence-electron chi connectivity index (χ3n) is 5.84. The topological polar surface area (TPSA) is 53.0 Å². The van der Waals surface area contributed by atoms with Gasteiger partial charge in [-0.2, -0.15) is 0 Å². The van der Waals surface area contributed by atoms with Gasteiger partial charge in [-0.3, -0.25) is 4.79 Å². The molecular weight excluding hydrogens is 328 g/mol. The number of likely N-dealkylation sites (tertiary alicyclic amines) is 2. The predicted octanol–water partition coefficient (Wildman–Crippen LogP) is 2.78. The van der Waals surface area contributed by atoms with E-state index in [-0.39, 0.29) is 17.4 Å². The number of unbranched alkanes of at least 4 members (excludes halogenated alkanes) is 1. The lowest BCUT2D eigenvalue weighted by atomic mass is 9.71. The second-order valence-electron chi connectivity index (χ2n) is 7.93. The highest BCUT2D eigenvalue weighted by Gasteiger charge is 2.45. The summed E-state index contributed by atoms with van der Waals surface area (Å²) < 4.78 is 5.86. The Kier molecular flexibility index (Phi) is 6.20. The Hall–Kier alpha value is -1.59. The van der Waals surface area contributed by atoms with Crippen LogP contribution in [-0.4, -0.2) is 66.8 Å². The molecule has 5 nitrogen and oxygen atoms in total. The third-order valence-corrected chi connectivity index (χ3v) is 5.84. The minimum Gasteiger partial charge on any atom is -0.493 e. The maximum Gasteiger partial charge on any atom is 0.257 e. The van der Waals surface area contributed by atoms with Crippen LogP contribution in [0.15, 0.2) is 24.3 Å². The molecule has 0 bridgehead atoms. The number of hydrogen-bond acceptors (Lipinski definition) is 4. The molecule has 0 radical (unpaired) electrons. The summed E-state index contributed by atoms with van der Waals surface area (Å²) >= 11 is 0. The van der Waals surface area contributed by atoms with Gasteiger partial charge < -0.3 is 19.6 Å². The molecule has 2 atom stereocenters. The molecule has 2 heterocycles. The summed E-state index contributed by atoms with van der Waals surface area (Å²) in [6, 6.07) is 7.54. The highest BCUT2D eigenvalue weighted by molar-refractivity contribution is 5.97. The predicted molar refractivity (Wildman–Crippen MR) is 103 cm³/mol. The van der Waals surface area contributed by atoms with Crippen molar-refractivity contribution in [3.8, 4) is 5.75 Å². The molecule has 1 amide bonds. The van der Waals surface area contributed by atoms with Crippen molar-refractivity contribution >= 4 is 5.91 Å². The van der Waals surface area contributed by atoms with Crippen molar-refractivity contribution in [3.05, 3.63) is 29.8 Å². The fraction of sp³-hybridized carbons (Fsp3) is 0.667. The number of carbonyl (C=O) groups is 1. The van der Waals surface area contributed by atoms with E-state index >= 15 is 0 Å². The molecular formula is C21H32N2O3. The minimum atomic E-state index is -0.328.